The number of ether oxygens (including phenoxy) is 1. The number of rotatable bonds is 7. The van der Waals surface area contributed by atoms with E-state index < -0.39 is 6.04 Å². The van der Waals surface area contributed by atoms with E-state index in [1.807, 2.05) is 6.07 Å². The van der Waals surface area contributed by atoms with Crippen LogP contribution in [0.5, 0.6) is 0 Å². The van der Waals surface area contributed by atoms with Crippen LogP contribution in [0, 0.1) is 0 Å². The van der Waals surface area contributed by atoms with Gasteiger partial charge in [-0.1, -0.05) is 18.2 Å². The zero-order valence-electron chi connectivity index (χ0n) is 13.2. The minimum atomic E-state index is -0.563. The summed E-state index contributed by atoms with van der Waals surface area (Å²) in [6, 6.07) is 8.30. The zero-order valence-corrected chi connectivity index (χ0v) is 13.2. The summed E-state index contributed by atoms with van der Waals surface area (Å²) in [5.74, 6) is -0.322. The number of benzene rings is 1. The first-order valence-corrected chi connectivity index (χ1v) is 8.05. The van der Waals surface area contributed by atoms with E-state index in [4.69, 9.17) is 9.84 Å². The van der Waals surface area contributed by atoms with Crippen molar-refractivity contribution in [2.45, 2.75) is 25.3 Å². The SMILES string of the molecule is O=C(N[C@@H](CCCCO)C(=O)N1CCOCC1)c1ccccc1. The average Bonchev–Trinajstić information content (AvgIpc) is 2.62. The van der Waals surface area contributed by atoms with Gasteiger partial charge in [-0.15, -0.1) is 0 Å². The van der Waals surface area contributed by atoms with Gasteiger partial charge in [-0.05, 0) is 31.4 Å². The van der Waals surface area contributed by atoms with E-state index in [1.54, 1.807) is 29.2 Å². The van der Waals surface area contributed by atoms with Gasteiger partial charge in [0.25, 0.3) is 5.91 Å². The normalized spacial score (nSPS) is 16.0. The van der Waals surface area contributed by atoms with E-state index in [-0.39, 0.29) is 18.4 Å². The lowest BCUT2D eigenvalue weighted by Crippen LogP contribution is -2.51. The number of nitrogens with zero attached hydrogens (tertiary/aromatic N) is 1. The smallest absolute Gasteiger partial charge is 0.251 e. The molecule has 0 saturated carbocycles. The van der Waals surface area contributed by atoms with E-state index in [0.717, 1.165) is 0 Å². The second-order valence-electron chi connectivity index (χ2n) is 5.55. The molecule has 0 unspecified atom stereocenters. The first kappa shape index (κ1) is 17.4. The van der Waals surface area contributed by atoms with Crippen LogP contribution in [-0.2, 0) is 9.53 Å². The van der Waals surface area contributed by atoms with E-state index in [0.29, 0.717) is 51.1 Å². The number of carbonyl (C=O) groups is 2. The molecular formula is C17H24N2O4. The summed E-state index contributed by atoms with van der Waals surface area (Å²) >= 11 is 0. The van der Waals surface area contributed by atoms with E-state index in [2.05, 4.69) is 5.32 Å². The Kier molecular flexibility index (Phi) is 7.03. The van der Waals surface area contributed by atoms with Gasteiger partial charge in [0.15, 0.2) is 0 Å². The van der Waals surface area contributed by atoms with Gasteiger partial charge in [-0.3, -0.25) is 9.59 Å². The van der Waals surface area contributed by atoms with Crippen molar-refractivity contribution in [2.24, 2.45) is 0 Å². The molecule has 23 heavy (non-hydrogen) atoms. The standard InChI is InChI=1S/C17H24N2O4/c20-11-5-4-8-15(17(22)19-9-12-23-13-10-19)18-16(21)14-6-2-1-3-7-14/h1-3,6-7,15,20H,4-5,8-13H2,(H,18,21)/t15-/m0/s1. The van der Waals surface area contributed by atoms with Gasteiger partial charge in [-0.2, -0.15) is 0 Å². The van der Waals surface area contributed by atoms with Gasteiger partial charge in [0, 0.05) is 25.3 Å². The largest absolute Gasteiger partial charge is 0.396 e. The number of morpholine rings is 1. The molecule has 0 bridgehead atoms. The van der Waals surface area contributed by atoms with Gasteiger partial charge in [0.05, 0.1) is 13.2 Å². The molecule has 1 aliphatic rings. The van der Waals surface area contributed by atoms with Gasteiger partial charge in [0.2, 0.25) is 5.91 Å². The molecule has 6 nitrogen and oxygen atoms in total. The van der Waals surface area contributed by atoms with Gasteiger partial charge in [-0.25, -0.2) is 0 Å². The molecule has 0 spiro atoms. The minimum absolute atomic E-state index is 0.0736. The molecule has 1 fully saturated rings. The third kappa shape index (κ3) is 5.33. The second kappa shape index (κ2) is 9.27. The van der Waals surface area contributed by atoms with Crippen molar-refractivity contribution in [2.75, 3.05) is 32.9 Å². The van der Waals surface area contributed by atoms with Crippen molar-refractivity contribution in [1.82, 2.24) is 10.2 Å². The lowest BCUT2D eigenvalue weighted by Gasteiger charge is -2.30. The third-order valence-electron chi connectivity index (χ3n) is 3.86. The quantitative estimate of drug-likeness (QED) is 0.729. The van der Waals surface area contributed by atoms with Crippen molar-refractivity contribution in [3.8, 4) is 0 Å². The number of hydrogen-bond donors (Lipinski definition) is 2. The third-order valence-corrected chi connectivity index (χ3v) is 3.86. The number of hydrogen-bond acceptors (Lipinski definition) is 4. The highest BCUT2D eigenvalue weighted by molar-refractivity contribution is 5.97. The first-order valence-electron chi connectivity index (χ1n) is 8.05. The molecule has 1 aromatic rings. The maximum Gasteiger partial charge on any atom is 0.251 e. The summed E-state index contributed by atoms with van der Waals surface area (Å²) in [6.07, 6.45) is 1.83. The van der Waals surface area contributed by atoms with Crippen LogP contribution in [-0.4, -0.2) is 60.8 Å². The molecule has 2 rings (SSSR count). The Morgan fingerprint density at radius 2 is 1.87 bits per heavy atom. The minimum Gasteiger partial charge on any atom is -0.396 e. The van der Waals surface area contributed by atoms with E-state index >= 15 is 0 Å². The van der Waals surface area contributed by atoms with Crippen LogP contribution >= 0.6 is 0 Å². The summed E-state index contributed by atoms with van der Waals surface area (Å²) in [6.45, 7) is 2.25. The predicted molar refractivity (Wildman–Crippen MR) is 86.0 cm³/mol. The highest BCUT2D eigenvalue weighted by Crippen LogP contribution is 2.09. The summed E-state index contributed by atoms with van der Waals surface area (Å²) in [7, 11) is 0. The molecule has 2 amide bonds. The highest BCUT2D eigenvalue weighted by Gasteiger charge is 2.27. The van der Waals surface area contributed by atoms with Crippen LogP contribution in [0.3, 0.4) is 0 Å². The number of amides is 2. The molecule has 0 radical (unpaired) electrons. The monoisotopic (exact) mass is 320 g/mol. The summed E-state index contributed by atoms with van der Waals surface area (Å²) < 4.78 is 5.26. The maximum atomic E-state index is 12.7. The maximum absolute atomic E-state index is 12.7. The average molecular weight is 320 g/mol. The van der Waals surface area contributed by atoms with Crippen LogP contribution < -0.4 is 5.32 Å². The molecule has 0 aliphatic carbocycles. The Labute approximate surface area is 136 Å². The molecular weight excluding hydrogens is 296 g/mol. The van der Waals surface area contributed by atoms with Crippen LogP contribution in [0.15, 0.2) is 30.3 Å². The van der Waals surface area contributed by atoms with Gasteiger partial charge in [0.1, 0.15) is 6.04 Å². The lowest BCUT2D eigenvalue weighted by molar-refractivity contribution is -0.137. The highest BCUT2D eigenvalue weighted by atomic mass is 16.5. The Bertz CT molecular complexity index is 501. The number of carbonyl (C=O) groups excluding carboxylic acids is 2. The molecule has 6 heteroatoms. The number of aliphatic hydroxyl groups excluding tert-OH is 1. The Hall–Kier alpha value is -1.92. The molecule has 1 aliphatic heterocycles. The molecule has 0 aromatic heterocycles. The Balaban J connectivity index is 2.00. The van der Waals surface area contributed by atoms with Gasteiger partial charge < -0.3 is 20.1 Å². The van der Waals surface area contributed by atoms with Gasteiger partial charge >= 0.3 is 0 Å². The lowest BCUT2D eigenvalue weighted by atomic mass is 10.1. The molecule has 1 saturated heterocycles. The molecule has 126 valence electrons. The second-order valence-corrected chi connectivity index (χ2v) is 5.55. The zero-order chi connectivity index (χ0) is 16.5. The summed E-state index contributed by atoms with van der Waals surface area (Å²) in [5.41, 5.74) is 0.537. The fourth-order valence-corrected chi connectivity index (χ4v) is 2.55. The Morgan fingerprint density at radius 1 is 1.17 bits per heavy atom. The van der Waals surface area contributed by atoms with Crippen molar-refractivity contribution in [1.29, 1.82) is 0 Å². The number of unbranched alkanes of at least 4 members (excludes halogenated alkanes) is 1. The Morgan fingerprint density at radius 3 is 2.52 bits per heavy atom. The fourth-order valence-electron chi connectivity index (χ4n) is 2.55. The number of nitrogens with one attached hydrogen (secondary N) is 1. The molecule has 1 heterocycles. The summed E-state index contributed by atoms with van der Waals surface area (Å²) in [5, 5.41) is 11.8. The molecule has 2 N–H and O–H groups in total. The van der Waals surface area contributed by atoms with Crippen molar-refractivity contribution < 1.29 is 19.4 Å². The summed E-state index contributed by atoms with van der Waals surface area (Å²) in [4.78, 5) is 26.7. The van der Waals surface area contributed by atoms with Crippen molar-refractivity contribution >= 4 is 11.8 Å². The van der Waals surface area contributed by atoms with Crippen molar-refractivity contribution in [3.63, 3.8) is 0 Å². The van der Waals surface area contributed by atoms with E-state index in [1.165, 1.54) is 0 Å². The predicted octanol–water partition coefficient (Wildman–Crippen LogP) is 0.806. The van der Waals surface area contributed by atoms with E-state index in [9.17, 15) is 9.59 Å². The van der Waals surface area contributed by atoms with Crippen LogP contribution in [0.1, 0.15) is 29.6 Å². The fraction of sp³-hybridized carbons (Fsp3) is 0.529. The van der Waals surface area contributed by atoms with Crippen LogP contribution in [0.2, 0.25) is 0 Å². The molecule has 1 atom stereocenters. The topological polar surface area (TPSA) is 78.9 Å². The molecule has 1 aromatic carbocycles. The van der Waals surface area contributed by atoms with Crippen molar-refractivity contribution in [3.05, 3.63) is 35.9 Å². The first-order chi connectivity index (χ1) is 11.2. The van der Waals surface area contributed by atoms with Crippen LogP contribution in [0.25, 0.3) is 0 Å². The van der Waals surface area contributed by atoms with Crippen LogP contribution in [0.4, 0.5) is 0 Å². The number of aliphatic hydroxyl groups is 1.